The summed E-state index contributed by atoms with van der Waals surface area (Å²) >= 11 is 0. The fourth-order valence-corrected chi connectivity index (χ4v) is 6.52. The van der Waals surface area contributed by atoms with Gasteiger partial charge in [0.1, 0.15) is 24.2 Å². The maximum absolute atomic E-state index is 14.6. The largest absolute Gasteiger partial charge is 0.383 e. The Morgan fingerprint density at radius 3 is 2.75 bits per heavy atom. The van der Waals surface area contributed by atoms with Crippen molar-refractivity contribution in [2.45, 2.75) is 103 Å². The third-order valence-electron chi connectivity index (χ3n) is 8.93. The Kier molecular flexibility index (Phi) is 7.07. The first-order valence-corrected chi connectivity index (χ1v) is 14.7. The third-order valence-corrected chi connectivity index (χ3v) is 8.93. The number of hydrogen-bond acceptors (Lipinski definition) is 6. The number of hydrogen-bond donors (Lipinski definition) is 2. The fourth-order valence-electron chi connectivity index (χ4n) is 6.52. The first-order chi connectivity index (χ1) is 19.1. The lowest BCUT2D eigenvalue weighted by atomic mass is 9.76. The van der Waals surface area contributed by atoms with E-state index < -0.39 is 5.82 Å². The normalized spacial score (nSPS) is 23.6. The molecule has 214 valence electrons. The Labute approximate surface area is 235 Å². The summed E-state index contributed by atoms with van der Waals surface area (Å²) in [6.45, 7) is 12.2. The number of halogens is 1. The molecular formula is C31H42FN7O. The molecule has 4 aromatic rings. The minimum atomic E-state index is -0.401. The van der Waals surface area contributed by atoms with Crippen molar-refractivity contribution in [3.05, 3.63) is 47.9 Å². The van der Waals surface area contributed by atoms with Crippen LogP contribution in [-0.4, -0.2) is 54.1 Å². The van der Waals surface area contributed by atoms with Crippen molar-refractivity contribution in [3.8, 4) is 0 Å². The van der Waals surface area contributed by atoms with E-state index in [4.69, 9.17) is 15.5 Å². The van der Waals surface area contributed by atoms with Gasteiger partial charge in [-0.25, -0.2) is 19.3 Å². The monoisotopic (exact) mass is 547 g/mol. The zero-order valence-corrected chi connectivity index (χ0v) is 24.3. The lowest BCUT2D eigenvalue weighted by molar-refractivity contribution is -0.0392. The molecule has 0 amide bonds. The molecule has 0 spiro atoms. The quantitative estimate of drug-likeness (QED) is 0.276. The number of anilines is 1. The van der Waals surface area contributed by atoms with Crippen LogP contribution >= 0.6 is 0 Å². The maximum Gasteiger partial charge on any atom is 0.154 e. The van der Waals surface area contributed by atoms with Crippen molar-refractivity contribution in [1.29, 1.82) is 0 Å². The first kappa shape index (κ1) is 27.1. The van der Waals surface area contributed by atoms with Crippen LogP contribution in [0.3, 0.4) is 0 Å². The number of fused-ring (bicyclic) bond motifs is 2. The van der Waals surface area contributed by atoms with Crippen LogP contribution in [0.25, 0.3) is 22.1 Å². The number of nitrogens with two attached hydrogens (primary N) is 1. The van der Waals surface area contributed by atoms with E-state index in [1.165, 1.54) is 30.9 Å². The highest BCUT2D eigenvalue weighted by Gasteiger charge is 2.38. The van der Waals surface area contributed by atoms with Gasteiger partial charge in [-0.15, -0.1) is 0 Å². The molecule has 6 rings (SSSR count). The van der Waals surface area contributed by atoms with Gasteiger partial charge in [0.25, 0.3) is 0 Å². The summed E-state index contributed by atoms with van der Waals surface area (Å²) in [4.78, 5) is 19.2. The van der Waals surface area contributed by atoms with Crippen LogP contribution in [0.1, 0.15) is 84.3 Å². The molecule has 9 heteroatoms. The molecule has 8 nitrogen and oxygen atoms in total. The van der Waals surface area contributed by atoms with Gasteiger partial charge in [0.15, 0.2) is 11.5 Å². The summed E-state index contributed by atoms with van der Waals surface area (Å²) in [6, 6.07) is 7.61. The van der Waals surface area contributed by atoms with E-state index in [9.17, 15) is 4.39 Å². The molecule has 1 aliphatic carbocycles. The zero-order chi connectivity index (χ0) is 28.2. The summed E-state index contributed by atoms with van der Waals surface area (Å²) in [5, 5.41) is 0.274. The standard InChI is InChI=1S/C31H42FN7O/c1-18(2)38(15-22-8-11-27(40-22)39-16-23(32)28-29(33)34-17-35-30(28)39)21-12-19(13-21)6-10-26-36-24-9-7-20(31(3,4)5)14-25(24)37-26/h7,9,14,16-19,21-22,27H,6,8,10-13,15H2,1-5H3,(H,36,37)(H2,33,34,35). The predicted molar refractivity (Wildman–Crippen MR) is 157 cm³/mol. The highest BCUT2D eigenvalue weighted by Crippen LogP contribution is 2.38. The Hall–Kier alpha value is -3.04. The van der Waals surface area contributed by atoms with Gasteiger partial charge in [-0.05, 0) is 75.0 Å². The maximum atomic E-state index is 14.6. The summed E-state index contributed by atoms with van der Waals surface area (Å²) in [5.41, 5.74) is 10.1. The third kappa shape index (κ3) is 5.21. The van der Waals surface area contributed by atoms with Crippen molar-refractivity contribution in [1.82, 2.24) is 29.4 Å². The lowest BCUT2D eigenvalue weighted by Gasteiger charge is -2.46. The second kappa shape index (κ2) is 10.4. The van der Waals surface area contributed by atoms with Gasteiger partial charge in [0, 0.05) is 31.2 Å². The number of nitrogens with one attached hydrogen (secondary N) is 1. The van der Waals surface area contributed by atoms with Crippen molar-refractivity contribution in [3.63, 3.8) is 0 Å². The van der Waals surface area contributed by atoms with Crippen molar-refractivity contribution in [2.24, 2.45) is 5.92 Å². The molecule has 1 aromatic carbocycles. The Balaban J connectivity index is 1.02. The fraction of sp³-hybridized carbons (Fsp3) is 0.581. The van der Waals surface area contributed by atoms with Gasteiger partial charge < -0.3 is 20.0 Å². The van der Waals surface area contributed by atoms with E-state index >= 15 is 0 Å². The summed E-state index contributed by atoms with van der Waals surface area (Å²) in [7, 11) is 0. The number of benzene rings is 1. The minimum Gasteiger partial charge on any atom is -0.383 e. The van der Waals surface area contributed by atoms with Crippen LogP contribution in [0, 0.1) is 11.7 Å². The highest BCUT2D eigenvalue weighted by atomic mass is 19.1. The van der Waals surface area contributed by atoms with E-state index in [0.717, 1.165) is 55.0 Å². The minimum absolute atomic E-state index is 0.111. The molecule has 4 heterocycles. The predicted octanol–water partition coefficient (Wildman–Crippen LogP) is 6.13. The number of aryl methyl sites for hydroxylation is 1. The van der Waals surface area contributed by atoms with Crippen LogP contribution in [0.4, 0.5) is 10.2 Å². The second-order valence-corrected chi connectivity index (χ2v) is 13.1. The average Bonchev–Trinajstić information content (AvgIpc) is 3.58. The first-order valence-electron chi connectivity index (χ1n) is 14.7. The van der Waals surface area contributed by atoms with E-state index in [2.05, 4.69) is 72.7 Å². The average molecular weight is 548 g/mol. The van der Waals surface area contributed by atoms with E-state index in [1.54, 1.807) is 4.57 Å². The van der Waals surface area contributed by atoms with E-state index in [0.29, 0.717) is 17.7 Å². The molecule has 0 bridgehead atoms. The summed E-state index contributed by atoms with van der Waals surface area (Å²) in [6.07, 6.45) is 9.04. The van der Waals surface area contributed by atoms with Gasteiger partial charge in [-0.3, -0.25) is 4.90 Å². The van der Waals surface area contributed by atoms with Gasteiger partial charge in [0.05, 0.1) is 22.5 Å². The van der Waals surface area contributed by atoms with Crippen molar-refractivity contribution >= 4 is 27.9 Å². The molecule has 1 saturated heterocycles. The Morgan fingerprint density at radius 2 is 2.00 bits per heavy atom. The molecule has 0 radical (unpaired) electrons. The number of aromatic nitrogens is 5. The molecule has 2 atom stereocenters. The van der Waals surface area contributed by atoms with Crippen molar-refractivity contribution < 1.29 is 9.13 Å². The Bertz CT molecular complexity index is 1500. The number of nitrogens with zero attached hydrogens (tertiary/aromatic N) is 5. The van der Waals surface area contributed by atoms with Crippen LogP contribution in [0.5, 0.6) is 0 Å². The smallest absolute Gasteiger partial charge is 0.154 e. The van der Waals surface area contributed by atoms with Crippen LogP contribution in [0.15, 0.2) is 30.7 Å². The van der Waals surface area contributed by atoms with Crippen molar-refractivity contribution in [2.75, 3.05) is 12.3 Å². The van der Waals surface area contributed by atoms with Gasteiger partial charge >= 0.3 is 0 Å². The van der Waals surface area contributed by atoms with Crippen LogP contribution in [0.2, 0.25) is 0 Å². The van der Waals surface area contributed by atoms with Gasteiger partial charge in [0.2, 0.25) is 0 Å². The molecule has 1 saturated carbocycles. The molecule has 2 aliphatic rings. The summed E-state index contributed by atoms with van der Waals surface area (Å²) in [5.74, 6) is 1.58. The Morgan fingerprint density at radius 1 is 1.20 bits per heavy atom. The molecule has 2 fully saturated rings. The highest BCUT2D eigenvalue weighted by molar-refractivity contribution is 5.86. The number of aromatic amines is 1. The summed E-state index contributed by atoms with van der Waals surface area (Å²) < 4.78 is 22.8. The van der Waals surface area contributed by atoms with Gasteiger partial charge in [-0.1, -0.05) is 26.8 Å². The van der Waals surface area contributed by atoms with Crippen LogP contribution in [-0.2, 0) is 16.6 Å². The topological polar surface area (TPSA) is 97.9 Å². The molecule has 3 aromatic heterocycles. The number of H-pyrrole nitrogens is 1. The van der Waals surface area contributed by atoms with E-state index in [1.807, 2.05) is 0 Å². The number of imidazole rings is 1. The molecule has 2 unspecified atom stereocenters. The SMILES string of the molecule is CC(C)N(CC1CCC(n2cc(F)c3c(N)ncnc32)O1)C1CC(CCc2nc3ccc(C(C)(C)C)cc3[nH]2)C1. The van der Waals surface area contributed by atoms with Crippen LogP contribution < -0.4 is 5.73 Å². The zero-order valence-electron chi connectivity index (χ0n) is 24.3. The second-order valence-electron chi connectivity index (χ2n) is 13.1. The molecule has 3 N–H and O–H groups in total. The lowest BCUT2D eigenvalue weighted by Crippen LogP contribution is -2.50. The number of nitrogen functional groups attached to an aromatic ring is 1. The molecular weight excluding hydrogens is 505 g/mol. The number of ether oxygens (including phenoxy) is 1. The van der Waals surface area contributed by atoms with E-state index in [-0.39, 0.29) is 29.0 Å². The molecule has 1 aliphatic heterocycles. The number of rotatable bonds is 8. The van der Waals surface area contributed by atoms with Gasteiger partial charge in [-0.2, -0.15) is 0 Å². The molecule has 40 heavy (non-hydrogen) atoms.